The fourth-order valence-corrected chi connectivity index (χ4v) is 5.66. The normalized spacial score (nSPS) is 34.1. The van der Waals surface area contributed by atoms with Gasteiger partial charge in [0.25, 0.3) is 0 Å². The summed E-state index contributed by atoms with van der Waals surface area (Å²) < 4.78 is 18.9. The number of nitrogens with one attached hydrogen (secondary N) is 1. The molecular formula is C21H32FN5O. The van der Waals surface area contributed by atoms with E-state index in [-0.39, 0.29) is 0 Å². The first-order valence-electron chi connectivity index (χ1n) is 11.0. The predicted octanol–water partition coefficient (Wildman–Crippen LogP) is 2.57. The summed E-state index contributed by atoms with van der Waals surface area (Å²) >= 11 is 0. The van der Waals surface area contributed by atoms with Gasteiger partial charge >= 0.3 is 0 Å². The summed E-state index contributed by atoms with van der Waals surface area (Å²) in [7, 11) is 0. The molecule has 1 aromatic heterocycles. The van der Waals surface area contributed by atoms with Crippen LogP contribution in [0.3, 0.4) is 0 Å². The first kappa shape index (κ1) is 18.6. The summed E-state index contributed by atoms with van der Waals surface area (Å²) in [5, 5.41) is 12.3. The van der Waals surface area contributed by atoms with E-state index in [2.05, 4.69) is 20.4 Å². The number of hydrogen-bond donors (Lipinski definition) is 1. The molecule has 0 amide bonds. The summed E-state index contributed by atoms with van der Waals surface area (Å²) in [5.41, 5.74) is 0. The molecule has 0 spiro atoms. The molecule has 1 N–H and O–H groups in total. The SMILES string of the molecule is F[C@@H]1CCN(c2ccc(NC3C[C@@H]4CN(CC5CCOCC5)C[C@@H]4C3)nn2)C1. The Morgan fingerprint density at radius 2 is 1.82 bits per heavy atom. The van der Waals surface area contributed by atoms with E-state index >= 15 is 0 Å². The van der Waals surface area contributed by atoms with Gasteiger partial charge in [0.2, 0.25) is 0 Å². The number of aromatic nitrogens is 2. The van der Waals surface area contributed by atoms with Gasteiger partial charge in [0.15, 0.2) is 5.82 Å². The first-order valence-corrected chi connectivity index (χ1v) is 11.0. The molecule has 5 rings (SSSR count). The fraction of sp³-hybridized carbons (Fsp3) is 0.810. The molecule has 1 unspecified atom stereocenters. The van der Waals surface area contributed by atoms with Crippen LogP contribution in [0.25, 0.3) is 0 Å². The Kier molecular flexibility index (Phi) is 5.37. The maximum atomic E-state index is 13.4. The number of ether oxygens (including phenoxy) is 1. The molecule has 4 atom stereocenters. The molecule has 4 heterocycles. The van der Waals surface area contributed by atoms with E-state index in [1.165, 1.54) is 45.3 Å². The number of rotatable bonds is 5. The van der Waals surface area contributed by atoms with E-state index in [0.29, 0.717) is 19.0 Å². The lowest BCUT2D eigenvalue weighted by molar-refractivity contribution is 0.0545. The van der Waals surface area contributed by atoms with Crippen molar-refractivity contribution in [3.8, 4) is 0 Å². The number of nitrogens with zero attached hydrogens (tertiary/aromatic N) is 4. The van der Waals surface area contributed by atoms with Crippen LogP contribution in [0.2, 0.25) is 0 Å². The zero-order chi connectivity index (χ0) is 18.9. The van der Waals surface area contributed by atoms with Crippen molar-refractivity contribution in [2.75, 3.05) is 56.2 Å². The van der Waals surface area contributed by atoms with Crippen molar-refractivity contribution in [3.63, 3.8) is 0 Å². The van der Waals surface area contributed by atoms with E-state index in [9.17, 15) is 4.39 Å². The van der Waals surface area contributed by atoms with Gasteiger partial charge in [-0.05, 0) is 62.0 Å². The van der Waals surface area contributed by atoms with E-state index in [1.807, 2.05) is 17.0 Å². The lowest BCUT2D eigenvalue weighted by Crippen LogP contribution is -2.32. The molecule has 1 aliphatic carbocycles. The van der Waals surface area contributed by atoms with Crippen LogP contribution in [-0.2, 0) is 4.74 Å². The largest absolute Gasteiger partial charge is 0.381 e. The number of fused-ring (bicyclic) bond motifs is 1. The van der Waals surface area contributed by atoms with Gasteiger partial charge in [0.1, 0.15) is 12.0 Å². The Morgan fingerprint density at radius 1 is 1.04 bits per heavy atom. The second-order valence-electron chi connectivity index (χ2n) is 9.22. The van der Waals surface area contributed by atoms with Gasteiger partial charge in [-0.2, -0.15) is 0 Å². The van der Waals surface area contributed by atoms with E-state index in [0.717, 1.165) is 49.1 Å². The molecule has 6 nitrogen and oxygen atoms in total. The molecule has 0 aromatic carbocycles. The smallest absolute Gasteiger partial charge is 0.151 e. The topological polar surface area (TPSA) is 53.5 Å². The first-order chi connectivity index (χ1) is 13.7. The Labute approximate surface area is 166 Å². The summed E-state index contributed by atoms with van der Waals surface area (Å²) in [4.78, 5) is 4.68. The summed E-state index contributed by atoms with van der Waals surface area (Å²) in [6.07, 6.45) is 4.78. The summed E-state index contributed by atoms with van der Waals surface area (Å²) in [6.45, 7) is 6.84. The van der Waals surface area contributed by atoms with Gasteiger partial charge in [-0.1, -0.05) is 0 Å². The highest BCUT2D eigenvalue weighted by Gasteiger charge is 2.41. The average molecular weight is 390 g/mol. The summed E-state index contributed by atoms with van der Waals surface area (Å²) in [6, 6.07) is 4.47. The van der Waals surface area contributed by atoms with Crippen LogP contribution in [0, 0.1) is 17.8 Å². The Hall–Kier alpha value is -1.47. The van der Waals surface area contributed by atoms with Crippen molar-refractivity contribution < 1.29 is 9.13 Å². The van der Waals surface area contributed by atoms with Crippen LogP contribution in [0.5, 0.6) is 0 Å². The van der Waals surface area contributed by atoms with Crippen molar-refractivity contribution >= 4 is 11.6 Å². The number of likely N-dealkylation sites (tertiary alicyclic amines) is 1. The fourth-order valence-electron chi connectivity index (χ4n) is 5.66. The Balaban J connectivity index is 1.09. The van der Waals surface area contributed by atoms with Gasteiger partial charge in [0.05, 0.1) is 6.54 Å². The zero-order valence-corrected chi connectivity index (χ0v) is 16.6. The third kappa shape index (κ3) is 4.10. The highest BCUT2D eigenvalue weighted by Crippen LogP contribution is 2.39. The highest BCUT2D eigenvalue weighted by atomic mass is 19.1. The number of anilines is 2. The van der Waals surface area contributed by atoms with Gasteiger partial charge < -0.3 is 19.9 Å². The van der Waals surface area contributed by atoms with Gasteiger partial charge in [0, 0.05) is 45.4 Å². The van der Waals surface area contributed by atoms with Crippen molar-refractivity contribution in [1.29, 1.82) is 0 Å². The number of halogens is 1. The minimum absolute atomic E-state index is 0.442. The molecule has 154 valence electrons. The zero-order valence-electron chi connectivity index (χ0n) is 16.6. The van der Waals surface area contributed by atoms with Crippen LogP contribution in [0.15, 0.2) is 12.1 Å². The Bertz CT molecular complexity index is 639. The van der Waals surface area contributed by atoms with Crippen molar-refractivity contribution in [2.45, 2.75) is 44.3 Å². The molecule has 7 heteroatoms. The van der Waals surface area contributed by atoms with Gasteiger partial charge in [-0.25, -0.2) is 4.39 Å². The second-order valence-corrected chi connectivity index (χ2v) is 9.22. The molecule has 3 aliphatic heterocycles. The lowest BCUT2D eigenvalue weighted by atomic mass is 10.00. The van der Waals surface area contributed by atoms with E-state index in [1.54, 1.807) is 0 Å². The van der Waals surface area contributed by atoms with Crippen LogP contribution in [0.1, 0.15) is 32.1 Å². The Morgan fingerprint density at radius 3 is 2.46 bits per heavy atom. The second kappa shape index (κ2) is 8.11. The number of hydrogen-bond acceptors (Lipinski definition) is 6. The third-order valence-corrected chi connectivity index (χ3v) is 7.14. The van der Waals surface area contributed by atoms with Crippen molar-refractivity contribution in [1.82, 2.24) is 15.1 Å². The molecule has 4 aliphatic rings. The van der Waals surface area contributed by atoms with Crippen LogP contribution in [-0.4, -0.2) is 73.2 Å². The average Bonchev–Trinajstić information content (AvgIpc) is 3.38. The molecular weight excluding hydrogens is 357 g/mol. The molecule has 1 saturated carbocycles. The number of alkyl halides is 1. The van der Waals surface area contributed by atoms with Crippen molar-refractivity contribution in [3.05, 3.63) is 12.1 Å². The standard InChI is InChI=1S/C21H32FN5O/c22-18-3-6-27(14-18)21-2-1-20(24-25-21)23-19-9-16-12-26(13-17(16)10-19)11-15-4-7-28-8-5-15/h1-2,15-19H,3-14H2,(H,23,24)/t16-,17+,18-,19?/m1/s1. The van der Waals surface area contributed by atoms with Crippen molar-refractivity contribution in [2.24, 2.45) is 17.8 Å². The lowest BCUT2D eigenvalue weighted by Gasteiger charge is -2.27. The maximum Gasteiger partial charge on any atom is 0.151 e. The van der Waals surface area contributed by atoms with E-state index < -0.39 is 6.17 Å². The molecule has 0 radical (unpaired) electrons. The van der Waals surface area contributed by atoms with E-state index in [4.69, 9.17) is 4.74 Å². The van der Waals surface area contributed by atoms with Gasteiger partial charge in [-0.3, -0.25) is 0 Å². The summed E-state index contributed by atoms with van der Waals surface area (Å²) in [5.74, 6) is 4.10. The van der Waals surface area contributed by atoms with Crippen LogP contribution < -0.4 is 10.2 Å². The molecule has 0 bridgehead atoms. The third-order valence-electron chi connectivity index (χ3n) is 7.14. The molecule has 1 aromatic rings. The minimum atomic E-state index is -0.733. The van der Waals surface area contributed by atoms with Gasteiger partial charge in [-0.15, -0.1) is 10.2 Å². The molecule has 28 heavy (non-hydrogen) atoms. The van der Waals surface area contributed by atoms with Crippen LogP contribution in [0.4, 0.5) is 16.0 Å². The highest BCUT2D eigenvalue weighted by molar-refractivity contribution is 5.45. The molecule has 4 fully saturated rings. The van der Waals surface area contributed by atoms with Crippen LogP contribution >= 0.6 is 0 Å². The minimum Gasteiger partial charge on any atom is -0.381 e. The quantitative estimate of drug-likeness (QED) is 0.835. The molecule has 3 saturated heterocycles. The maximum absolute atomic E-state index is 13.4. The predicted molar refractivity (Wildman–Crippen MR) is 107 cm³/mol. The monoisotopic (exact) mass is 389 g/mol.